The number of carbonyl (C=O) groups is 1. The zero-order valence-electron chi connectivity index (χ0n) is 13.3. The van der Waals surface area contributed by atoms with Gasteiger partial charge in [0.15, 0.2) is 0 Å². The Morgan fingerprint density at radius 1 is 1.21 bits per heavy atom. The first-order chi connectivity index (χ1) is 11.7. The highest BCUT2D eigenvalue weighted by Gasteiger charge is 2.17. The largest absolute Gasteiger partial charge is 0.477 e. The molecule has 0 aliphatic carbocycles. The number of carbonyl (C=O) groups excluding carboxylic acids is 1. The van der Waals surface area contributed by atoms with Crippen molar-refractivity contribution in [3.8, 4) is 17.3 Å². The van der Waals surface area contributed by atoms with Gasteiger partial charge in [0.25, 0.3) is 5.91 Å². The third kappa shape index (κ3) is 3.24. The number of amides is 1. The monoisotopic (exact) mass is 324 g/mol. The highest BCUT2D eigenvalue weighted by atomic mass is 16.5. The summed E-state index contributed by atoms with van der Waals surface area (Å²) in [5, 5.41) is 10.7. The van der Waals surface area contributed by atoms with Crippen LogP contribution >= 0.6 is 0 Å². The number of para-hydroxylation sites is 1. The molecule has 0 unspecified atom stereocenters. The van der Waals surface area contributed by atoms with E-state index in [1.807, 2.05) is 19.1 Å². The minimum Gasteiger partial charge on any atom is -0.477 e. The summed E-state index contributed by atoms with van der Waals surface area (Å²) in [5.74, 6) is 0.774. The van der Waals surface area contributed by atoms with Crippen LogP contribution < -0.4 is 10.1 Å². The van der Waals surface area contributed by atoms with E-state index in [0.29, 0.717) is 41.1 Å². The second-order valence-electron chi connectivity index (χ2n) is 4.92. The molecule has 2 heterocycles. The van der Waals surface area contributed by atoms with Crippen LogP contribution in [0.5, 0.6) is 5.88 Å². The smallest absolute Gasteiger partial charge is 0.261 e. The summed E-state index contributed by atoms with van der Waals surface area (Å²) in [5.41, 5.74) is 1.57. The van der Waals surface area contributed by atoms with Gasteiger partial charge in [0.05, 0.1) is 17.9 Å². The number of nitrogens with one attached hydrogen (secondary N) is 1. The van der Waals surface area contributed by atoms with E-state index in [1.54, 1.807) is 37.4 Å². The fraction of sp³-hybridized carbons (Fsp3) is 0.176. The molecule has 7 nitrogen and oxygen atoms in total. The summed E-state index contributed by atoms with van der Waals surface area (Å²) in [6.07, 6.45) is 1.58. The predicted molar refractivity (Wildman–Crippen MR) is 87.8 cm³/mol. The molecule has 0 spiro atoms. The van der Waals surface area contributed by atoms with Gasteiger partial charge < -0.3 is 14.5 Å². The first-order valence-corrected chi connectivity index (χ1v) is 7.47. The topological polar surface area (TPSA) is 90.1 Å². The van der Waals surface area contributed by atoms with Crippen molar-refractivity contribution < 1.29 is 13.9 Å². The number of hydrogen-bond donors (Lipinski definition) is 1. The second kappa shape index (κ2) is 6.91. The first kappa shape index (κ1) is 15.7. The van der Waals surface area contributed by atoms with Crippen LogP contribution in [-0.4, -0.2) is 27.7 Å². The maximum atomic E-state index is 12.6. The molecule has 0 radical (unpaired) electrons. The molecule has 2 aromatic heterocycles. The van der Waals surface area contributed by atoms with Crippen LogP contribution in [0.2, 0.25) is 0 Å². The van der Waals surface area contributed by atoms with E-state index in [1.165, 1.54) is 0 Å². The Hall–Kier alpha value is -3.22. The van der Waals surface area contributed by atoms with Crippen LogP contribution in [0.4, 0.5) is 5.69 Å². The number of hydrogen-bond acceptors (Lipinski definition) is 6. The predicted octanol–water partition coefficient (Wildman–Crippen LogP) is 3.09. The highest BCUT2D eigenvalue weighted by Crippen LogP contribution is 2.27. The zero-order chi connectivity index (χ0) is 16.9. The van der Waals surface area contributed by atoms with Gasteiger partial charge in [-0.05, 0) is 31.2 Å². The fourth-order valence-electron chi connectivity index (χ4n) is 2.19. The molecule has 1 amide bonds. The number of aryl methyl sites for hydroxylation is 1. The van der Waals surface area contributed by atoms with Crippen molar-refractivity contribution in [2.45, 2.75) is 13.8 Å². The molecule has 0 atom stereocenters. The van der Waals surface area contributed by atoms with Crippen LogP contribution in [0.3, 0.4) is 0 Å². The first-order valence-electron chi connectivity index (χ1n) is 7.47. The lowest BCUT2D eigenvalue weighted by Crippen LogP contribution is -2.15. The fourth-order valence-corrected chi connectivity index (χ4v) is 2.19. The molecule has 0 saturated carbocycles. The van der Waals surface area contributed by atoms with Crippen LogP contribution in [0.25, 0.3) is 11.5 Å². The Morgan fingerprint density at radius 3 is 2.79 bits per heavy atom. The van der Waals surface area contributed by atoms with Crippen molar-refractivity contribution in [3.63, 3.8) is 0 Å². The van der Waals surface area contributed by atoms with Gasteiger partial charge in [-0.3, -0.25) is 4.79 Å². The number of anilines is 1. The summed E-state index contributed by atoms with van der Waals surface area (Å²) < 4.78 is 10.9. The van der Waals surface area contributed by atoms with Gasteiger partial charge >= 0.3 is 0 Å². The zero-order valence-corrected chi connectivity index (χ0v) is 13.3. The second-order valence-corrected chi connectivity index (χ2v) is 4.92. The standard InChI is InChI=1S/C17H16N4O3/c1-3-23-16-13(8-6-10-18-16)15(22)19-14-9-5-4-7-12(14)17-21-20-11(2)24-17/h4-10H,3H2,1-2H3,(H,19,22). The third-order valence-electron chi connectivity index (χ3n) is 3.23. The molecule has 0 aliphatic rings. The van der Waals surface area contributed by atoms with E-state index < -0.39 is 0 Å². The number of ether oxygens (including phenoxy) is 1. The summed E-state index contributed by atoms with van der Waals surface area (Å²) in [6.45, 7) is 3.97. The average Bonchev–Trinajstić information content (AvgIpc) is 3.02. The van der Waals surface area contributed by atoms with Crippen molar-refractivity contribution in [3.05, 3.63) is 54.0 Å². The van der Waals surface area contributed by atoms with Crippen LogP contribution in [0, 0.1) is 6.92 Å². The minimum atomic E-state index is -0.324. The van der Waals surface area contributed by atoms with Gasteiger partial charge in [-0.1, -0.05) is 12.1 Å². The van der Waals surface area contributed by atoms with E-state index in [2.05, 4.69) is 20.5 Å². The Morgan fingerprint density at radius 2 is 2.04 bits per heavy atom. The number of pyridine rings is 1. The Bertz CT molecular complexity index is 860. The minimum absolute atomic E-state index is 0.295. The van der Waals surface area contributed by atoms with E-state index in [-0.39, 0.29) is 5.91 Å². The van der Waals surface area contributed by atoms with Crippen molar-refractivity contribution in [1.82, 2.24) is 15.2 Å². The number of nitrogens with zero attached hydrogens (tertiary/aromatic N) is 3. The van der Waals surface area contributed by atoms with Gasteiger partial charge in [0, 0.05) is 13.1 Å². The highest BCUT2D eigenvalue weighted by molar-refractivity contribution is 6.07. The van der Waals surface area contributed by atoms with Crippen LogP contribution in [-0.2, 0) is 0 Å². The molecule has 3 aromatic rings. The molecule has 0 aliphatic heterocycles. The maximum absolute atomic E-state index is 12.6. The van der Waals surface area contributed by atoms with Gasteiger partial charge in [-0.15, -0.1) is 10.2 Å². The SMILES string of the molecule is CCOc1ncccc1C(=O)Nc1ccccc1-c1nnc(C)o1. The van der Waals surface area contributed by atoms with Crippen molar-refractivity contribution in [2.24, 2.45) is 0 Å². The molecule has 0 bridgehead atoms. The van der Waals surface area contributed by atoms with Crippen molar-refractivity contribution >= 4 is 11.6 Å². The maximum Gasteiger partial charge on any atom is 0.261 e. The van der Waals surface area contributed by atoms with Crippen LogP contribution in [0.1, 0.15) is 23.2 Å². The van der Waals surface area contributed by atoms with Gasteiger partial charge in [0.1, 0.15) is 5.56 Å². The Balaban J connectivity index is 1.91. The lowest BCUT2D eigenvalue weighted by Gasteiger charge is -2.11. The molecule has 1 N–H and O–H groups in total. The molecule has 24 heavy (non-hydrogen) atoms. The van der Waals surface area contributed by atoms with E-state index in [9.17, 15) is 4.79 Å². The van der Waals surface area contributed by atoms with Crippen LogP contribution in [0.15, 0.2) is 47.0 Å². The van der Waals surface area contributed by atoms with Gasteiger partial charge in [-0.2, -0.15) is 0 Å². The molecular formula is C17H16N4O3. The van der Waals surface area contributed by atoms with E-state index in [0.717, 1.165) is 0 Å². The summed E-state index contributed by atoms with van der Waals surface area (Å²) >= 11 is 0. The normalized spacial score (nSPS) is 10.4. The quantitative estimate of drug-likeness (QED) is 0.775. The third-order valence-corrected chi connectivity index (χ3v) is 3.23. The summed E-state index contributed by atoms with van der Waals surface area (Å²) in [6, 6.07) is 10.6. The number of rotatable bonds is 5. The molecule has 7 heteroatoms. The Labute approximate surface area is 138 Å². The van der Waals surface area contributed by atoms with E-state index in [4.69, 9.17) is 9.15 Å². The lowest BCUT2D eigenvalue weighted by molar-refractivity contribution is 0.102. The Kier molecular flexibility index (Phi) is 4.51. The number of benzene rings is 1. The van der Waals surface area contributed by atoms with E-state index >= 15 is 0 Å². The average molecular weight is 324 g/mol. The molecule has 0 saturated heterocycles. The molecule has 0 fully saturated rings. The van der Waals surface area contributed by atoms with Gasteiger partial charge in [0.2, 0.25) is 17.7 Å². The van der Waals surface area contributed by atoms with Crippen molar-refractivity contribution in [2.75, 3.05) is 11.9 Å². The van der Waals surface area contributed by atoms with Crippen molar-refractivity contribution in [1.29, 1.82) is 0 Å². The summed E-state index contributed by atoms with van der Waals surface area (Å²) in [4.78, 5) is 16.7. The molecule has 3 rings (SSSR count). The lowest BCUT2D eigenvalue weighted by atomic mass is 10.1. The molecule has 122 valence electrons. The summed E-state index contributed by atoms with van der Waals surface area (Å²) in [7, 11) is 0. The molecular weight excluding hydrogens is 308 g/mol. The number of aromatic nitrogens is 3. The van der Waals surface area contributed by atoms with Gasteiger partial charge in [-0.25, -0.2) is 4.98 Å². The molecule has 1 aromatic carbocycles.